The van der Waals surface area contributed by atoms with Crippen LogP contribution in [-0.4, -0.2) is 13.0 Å². The van der Waals surface area contributed by atoms with E-state index in [1.54, 1.807) is 20.3 Å². The van der Waals surface area contributed by atoms with Crippen molar-refractivity contribution in [2.75, 3.05) is 12.4 Å². The molecule has 1 amide bonds. The number of rotatable bonds is 5. The number of halogens is 2. The Morgan fingerprint density at radius 1 is 1.06 bits per heavy atom. The first-order chi connectivity index (χ1) is 15.4. The van der Waals surface area contributed by atoms with Crippen molar-refractivity contribution >= 4 is 28.1 Å². The Balaban J connectivity index is 1.74. The van der Waals surface area contributed by atoms with Crippen molar-refractivity contribution < 1.29 is 22.7 Å². The van der Waals surface area contributed by atoms with E-state index >= 15 is 0 Å². The van der Waals surface area contributed by atoms with E-state index in [2.05, 4.69) is 5.32 Å². The third-order valence-corrected chi connectivity index (χ3v) is 5.29. The van der Waals surface area contributed by atoms with Gasteiger partial charge in [-0.05, 0) is 43.2 Å². The fourth-order valence-electron chi connectivity index (χ4n) is 3.74. The average molecular weight is 433 g/mol. The lowest BCUT2D eigenvalue weighted by Crippen LogP contribution is -2.09. The topological polar surface area (TPSA) is 51.5 Å². The smallest absolute Gasteiger partial charge is 0.248 e. The summed E-state index contributed by atoms with van der Waals surface area (Å²) in [4.78, 5) is 12.5. The second-order valence-electron chi connectivity index (χ2n) is 7.42. The fourth-order valence-corrected chi connectivity index (χ4v) is 3.74. The Kier molecular flexibility index (Phi) is 5.77. The summed E-state index contributed by atoms with van der Waals surface area (Å²) in [7, 11) is 1.56. The second-order valence-corrected chi connectivity index (χ2v) is 7.42. The summed E-state index contributed by atoms with van der Waals surface area (Å²) in [6, 6.07) is 15.0. The first kappa shape index (κ1) is 21.3. The van der Waals surface area contributed by atoms with Gasteiger partial charge in [0.15, 0.2) is 11.6 Å². The molecule has 0 fully saturated rings. The van der Waals surface area contributed by atoms with Crippen LogP contribution in [0.15, 0.2) is 71.4 Å². The fraction of sp³-hybridized carbons (Fsp3) is 0.115. The maximum atomic E-state index is 13.4. The van der Waals surface area contributed by atoms with Crippen molar-refractivity contribution in [2.45, 2.75) is 13.8 Å². The third-order valence-electron chi connectivity index (χ3n) is 5.29. The van der Waals surface area contributed by atoms with Gasteiger partial charge in [0.2, 0.25) is 5.91 Å². The molecule has 1 aromatic heterocycles. The molecule has 0 unspecified atom stereocenters. The van der Waals surface area contributed by atoms with Gasteiger partial charge in [-0.15, -0.1) is 0 Å². The van der Waals surface area contributed by atoms with E-state index in [1.165, 1.54) is 12.1 Å². The van der Waals surface area contributed by atoms with E-state index in [0.29, 0.717) is 16.9 Å². The molecule has 0 saturated heterocycles. The van der Waals surface area contributed by atoms with Gasteiger partial charge in [-0.2, -0.15) is 0 Å². The molecule has 32 heavy (non-hydrogen) atoms. The molecule has 1 N–H and O–H groups in total. The molecule has 162 valence electrons. The van der Waals surface area contributed by atoms with Crippen LogP contribution in [0.25, 0.3) is 27.7 Å². The Labute approximate surface area is 184 Å². The molecule has 4 nitrogen and oxygen atoms in total. The molecule has 3 aromatic carbocycles. The number of methoxy groups -OCH3 is 1. The van der Waals surface area contributed by atoms with Crippen molar-refractivity contribution in [3.8, 4) is 16.9 Å². The van der Waals surface area contributed by atoms with E-state index in [-0.39, 0.29) is 5.69 Å². The van der Waals surface area contributed by atoms with Crippen LogP contribution in [0.1, 0.15) is 18.1 Å². The Morgan fingerprint density at radius 3 is 2.50 bits per heavy atom. The Morgan fingerprint density at radius 2 is 1.81 bits per heavy atom. The minimum atomic E-state index is -1.03. The maximum Gasteiger partial charge on any atom is 0.248 e. The van der Waals surface area contributed by atoms with Crippen LogP contribution in [0.4, 0.5) is 14.5 Å². The maximum absolute atomic E-state index is 13.4. The van der Waals surface area contributed by atoms with Gasteiger partial charge in [0, 0.05) is 39.9 Å². The highest BCUT2D eigenvalue weighted by molar-refractivity contribution is 6.06. The van der Waals surface area contributed by atoms with E-state index < -0.39 is 17.5 Å². The SMILES string of the molecule is COc1c(/C(C)=C/C(=O)Nc2ccc(F)c(F)c2)cc2c(-c3ccccc3)coc2c1C. The summed E-state index contributed by atoms with van der Waals surface area (Å²) < 4.78 is 38.0. The zero-order valence-corrected chi connectivity index (χ0v) is 17.8. The molecule has 0 saturated carbocycles. The molecule has 4 aromatic rings. The second kappa shape index (κ2) is 8.67. The zero-order chi connectivity index (χ0) is 22.8. The summed E-state index contributed by atoms with van der Waals surface area (Å²) in [5.74, 6) is -1.87. The minimum Gasteiger partial charge on any atom is -0.496 e. The number of ether oxygens (including phenoxy) is 1. The number of benzene rings is 3. The molecule has 0 spiro atoms. The number of fused-ring (bicyclic) bond motifs is 1. The van der Waals surface area contributed by atoms with Gasteiger partial charge in [-0.1, -0.05) is 30.3 Å². The first-order valence-electron chi connectivity index (χ1n) is 9.98. The molecule has 0 atom stereocenters. The van der Waals surface area contributed by atoms with E-state index in [0.717, 1.165) is 39.8 Å². The molecule has 1 heterocycles. The molecule has 0 aliphatic heterocycles. The van der Waals surface area contributed by atoms with Crippen molar-refractivity contribution in [3.63, 3.8) is 0 Å². The molecule has 0 bridgehead atoms. The number of furan rings is 1. The van der Waals surface area contributed by atoms with Crippen molar-refractivity contribution in [1.29, 1.82) is 0 Å². The largest absolute Gasteiger partial charge is 0.496 e. The average Bonchev–Trinajstić information content (AvgIpc) is 3.21. The molecular formula is C26H21F2NO3. The molecule has 0 aliphatic rings. The van der Waals surface area contributed by atoms with Crippen molar-refractivity contribution in [1.82, 2.24) is 0 Å². The quantitative estimate of drug-likeness (QED) is 0.355. The van der Waals surface area contributed by atoms with Crippen LogP contribution in [0.2, 0.25) is 0 Å². The van der Waals surface area contributed by atoms with Crippen molar-refractivity contribution in [3.05, 3.63) is 89.7 Å². The number of anilines is 1. The number of nitrogens with one attached hydrogen (secondary N) is 1. The van der Waals surface area contributed by atoms with Gasteiger partial charge in [0.25, 0.3) is 0 Å². The van der Waals surface area contributed by atoms with Crippen molar-refractivity contribution in [2.24, 2.45) is 0 Å². The van der Waals surface area contributed by atoms with Crippen LogP contribution in [0, 0.1) is 18.6 Å². The molecular weight excluding hydrogens is 412 g/mol. The van der Waals surface area contributed by atoms with Gasteiger partial charge in [-0.3, -0.25) is 4.79 Å². The van der Waals surface area contributed by atoms with E-state index in [9.17, 15) is 13.6 Å². The number of aryl methyl sites for hydroxylation is 1. The predicted octanol–water partition coefficient (Wildman–Crippen LogP) is 6.74. The molecule has 0 radical (unpaired) electrons. The van der Waals surface area contributed by atoms with Gasteiger partial charge < -0.3 is 14.5 Å². The predicted molar refractivity (Wildman–Crippen MR) is 122 cm³/mol. The standard InChI is InChI=1S/C26H21F2NO3/c1-15(11-24(30)29-18-9-10-22(27)23(28)12-18)19-13-20-21(17-7-5-4-6-8-17)14-32-26(20)16(2)25(19)31-3/h4-14H,1-3H3,(H,29,30)/b15-11+. The highest BCUT2D eigenvalue weighted by Crippen LogP contribution is 2.40. The van der Waals surface area contributed by atoms with Crippen LogP contribution < -0.4 is 10.1 Å². The van der Waals surface area contributed by atoms with Crippen LogP contribution in [0.5, 0.6) is 5.75 Å². The first-order valence-corrected chi connectivity index (χ1v) is 9.98. The summed E-state index contributed by atoms with van der Waals surface area (Å²) in [5.41, 5.74) is 5.02. The normalized spacial score (nSPS) is 11.6. The Hall–Kier alpha value is -3.93. The number of carbonyl (C=O) groups is 1. The summed E-state index contributed by atoms with van der Waals surface area (Å²) >= 11 is 0. The van der Waals surface area contributed by atoms with Gasteiger partial charge in [0.1, 0.15) is 11.3 Å². The monoisotopic (exact) mass is 433 g/mol. The number of carbonyl (C=O) groups excluding carboxylic acids is 1. The van der Waals surface area contributed by atoms with Gasteiger partial charge >= 0.3 is 0 Å². The number of allylic oxidation sites excluding steroid dienone is 1. The van der Waals surface area contributed by atoms with Gasteiger partial charge in [0.05, 0.1) is 13.4 Å². The Bertz CT molecular complexity index is 1340. The highest BCUT2D eigenvalue weighted by atomic mass is 19.2. The summed E-state index contributed by atoms with van der Waals surface area (Å²) in [6.45, 7) is 3.69. The van der Waals surface area contributed by atoms with Crippen LogP contribution in [-0.2, 0) is 4.79 Å². The number of hydrogen-bond acceptors (Lipinski definition) is 3. The third kappa shape index (κ3) is 3.99. The molecule has 6 heteroatoms. The van der Waals surface area contributed by atoms with E-state index in [1.807, 2.05) is 43.3 Å². The lowest BCUT2D eigenvalue weighted by molar-refractivity contribution is -0.111. The number of hydrogen-bond donors (Lipinski definition) is 1. The molecule has 4 rings (SSSR count). The summed E-state index contributed by atoms with van der Waals surface area (Å²) in [6.07, 6.45) is 3.11. The van der Waals surface area contributed by atoms with Crippen LogP contribution >= 0.6 is 0 Å². The summed E-state index contributed by atoms with van der Waals surface area (Å²) in [5, 5.41) is 3.45. The number of amides is 1. The lowest BCUT2D eigenvalue weighted by Gasteiger charge is -2.13. The lowest BCUT2D eigenvalue weighted by atomic mass is 9.96. The highest BCUT2D eigenvalue weighted by Gasteiger charge is 2.18. The van der Waals surface area contributed by atoms with Gasteiger partial charge in [-0.25, -0.2) is 8.78 Å². The molecule has 0 aliphatic carbocycles. The zero-order valence-electron chi connectivity index (χ0n) is 17.8. The minimum absolute atomic E-state index is 0.165. The van der Waals surface area contributed by atoms with E-state index in [4.69, 9.17) is 9.15 Å². The van der Waals surface area contributed by atoms with Crippen LogP contribution in [0.3, 0.4) is 0 Å².